The second-order valence-electron chi connectivity index (χ2n) is 5.59. The van der Waals surface area contributed by atoms with Gasteiger partial charge in [-0.15, -0.1) is 0 Å². The predicted octanol–water partition coefficient (Wildman–Crippen LogP) is 0.517. The van der Waals surface area contributed by atoms with Crippen LogP contribution in [-0.2, 0) is 19.1 Å². The van der Waals surface area contributed by atoms with Crippen LogP contribution in [0.4, 0.5) is 10.5 Å². The topological polar surface area (TPSA) is 123 Å². The molecule has 146 valence electrons. The van der Waals surface area contributed by atoms with Gasteiger partial charge in [0.25, 0.3) is 5.91 Å². The molecule has 0 spiro atoms. The molecule has 10 nitrogen and oxygen atoms in total. The first-order chi connectivity index (χ1) is 12.9. The minimum atomic E-state index is -0.593. The highest BCUT2D eigenvalue weighted by atomic mass is 16.5. The Morgan fingerprint density at radius 2 is 1.93 bits per heavy atom. The molecule has 1 aliphatic rings. The van der Waals surface area contributed by atoms with Crippen molar-refractivity contribution in [1.29, 1.82) is 0 Å². The summed E-state index contributed by atoms with van der Waals surface area (Å²) < 4.78 is 15.1. The average Bonchev–Trinajstić information content (AvgIpc) is 2.98. The molecule has 2 rings (SSSR count). The van der Waals surface area contributed by atoms with Crippen LogP contribution in [0.3, 0.4) is 0 Å². The lowest BCUT2D eigenvalue weighted by molar-refractivity contribution is -0.147. The van der Waals surface area contributed by atoms with E-state index >= 15 is 0 Å². The summed E-state index contributed by atoms with van der Waals surface area (Å²) in [4.78, 5) is 47.3. The van der Waals surface area contributed by atoms with Crippen molar-refractivity contribution in [1.82, 2.24) is 10.2 Å². The standard InChI is InChI=1S/C17H21N3O7/c1-25-12-6-5-11(8-13(12)26-2)19-14(21)10-27-16(23)4-3-7-20-15(22)9-18-17(20)24/h5-6,8H,3-4,7,9-10H2,1-2H3,(H,18,24)(H,19,21). The highest BCUT2D eigenvalue weighted by molar-refractivity contribution is 6.01. The lowest BCUT2D eigenvalue weighted by Gasteiger charge is -2.12. The Morgan fingerprint density at radius 3 is 2.56 bits per heavy atom. The molecule has 0 radical (unpaired) electrons. The van der Waals surface area contributed by atoms with Gasteiger partial charge in [0, 0.05) is 24.7 Å². The summed E-state index contributed by atoms with van der Waals surface area (Å²) in [5, 5.41) is 4.97. The number of urea groups is 1. The molecule has 0 atom stereocenters. The van der Waals surface area contributed by atoms with Gasteiger partial charge in [0.05, 0.1) is 20.8 Å². The third kappa shape index (κ3) is 5.59. The number of ether oxygens (including phenoxy) is 3. The molecule has 0 aliphatic carbocycles. The number of nitrogens with one attached hydrogen (secondary N) is 2. The number of anilines is 1. The molecule has 1 aromatic rings. The van der Waals surface area contributed by atoms with Gasteiger partial charge in [0.15, 0.2) is 18.1 Å². The van der Waals surface area contributed by atoms with E-state index in [1.807, 2.05) is 0 Å². The van der Waals surface area contributed by atoms with E-state index in [0.29, 0.717) is 17.2 Å². The number of hydrogen-bond acceptors (Lipinski definition) is 7. The van der Waals surface area contributed by atoms with Crippen LogP contribution >= 0.6 is 0 Å². The van der Waals surface area contributed by atoms with Crippen LogP contribution in [0.15, 0.2) is 18.2 Å². The van der Waals surface area contributed by atoms with E-state index in [2.05, 4.69) is 10.6 Å². The maximum Gasteiger partial charge on any atom is 0.324 e. The Labute approximate surface area is 155 Å². The van der Waals surface area contributed by atoms with Crippen LogP contribution in [0.5, 0.6) is 11.5 Å². The number of nitrogens with zero attached hydrogens (tertiary/aromatic N) is 1. The Morgan fingerprint density at radius 1 is 1.19 bits per heavy atom. The predicted molar refractivity (Wildman–Crippen MR) is 93.5 cm³/mol. The number of carbonyl (C=O) groups is 4. The van der Waals surface area contributed by atoms with Crippen LogP contribution in [0.25, 0.3) is 0 Å². The molecule has 0 aromatic heterocycles. The molecule has 0 unspecified atom stereocenters. The summed E-state index contributed by atoms with van der Waals surface area (Å²) >= 11 is 0. The zero-order valence-corrected chi connectivity index (χ0v) is 15.1. The maximum absolute atomic E-state index is 11.9. The van der Waals surface area contributed by atoms with E-state index in [0.717, 1.165) is 4.90 Å². The molecule has 0 saturated carbocycles. The summed E-state index contributed by atoms with van der Waals surface area (Å²) in [6.45, 7) is -0.354. The smallest absolute Gasteiger partial charge is 0.324 e. The Kier molecular flexibility index (Phi) is 6.98. The quantitative estimate of drug-likeness (QED) is 0.473. The van der Waals surface area contributed by atoms with E-state index in [-0.39, 0.29) is 31.8 Å². The second-order valence-corrected chi connectivity index (χ2v) is 5.59. The third-order valence-corrected chi connectivity index (χ3v) is 3.73. The summed E-state index contributed by atoms with van der Waals surface area (Å²) in [6.07, 6.45) is 0.246. The van der Waals surface area contributed by atoms with Gasteiger partial charge in [-0.3, -0.25) is 19.3 Å². The second kappa shape index (κ2) is 9.41. The zero-order valence-electron chi connectivity index (χ0n) is 15.1. The Bertz CT molecular complexity index is 719. The van der Waals surface area contributed by atoms with Gasteiger partial charge in [-0.2, -0.15) is 0 Å². The van der Waals surface area contributed by atoms with Crippen molar-refractivity contribution >= 4 is 29.5 Å². The fraction of sp³-hybridized carbons (Fsp3) is 0.412. The third-order valence-electron chi connectivity index (χ3n) is 3.73. The molecular formula is C17H21N3O7. The first-order valence-electron chi connectivity index (χ1n) is 8.20. The molecule has 1 saturated heterocycles. The van der Waals surface area contributed by atoms with Crippen LogP contribution in [0.1, 0.15) is 12.8 Å². The van der Waals surface area contributed by atoms with Crippen molar-refractivity contribution in [3.63, 3.8) is 0 Å². The molecule has 4 amide bonds. The monoisotopic (exact) mass is 379 g/mol. The van der Waals surface area contributed by atoms with Crippen molar-refractivity contribution in [2.45, 2.75) is 12.8 Å². The molecule has 27 heavy (non-hydrogen) atoms. The number of hydrogen-bond donors (Lipinski definition) is 2. The highest BCUT2D eigenvalue weighted by Crippen LogP contribution is 2.29. The summed E-state index contributed by atoms with van der Waals surface area (Å²) in [5.74, 6) is -0.461. The van der Waals surface area contributed by atoms with Gasteiger partial charge in [-0.25, -0.2) is 4.79 Å². The molecule has 1 fully saturated rings. The summed E-state index contributed by atoms with van der Waals surface area (Å²) in [7, 11) is 2.98. The van der Waals surface area contributed by atoms with Crippen molar-refractivity contribution in [2.75, 3.05) is 39.2 Å². The Hall–Kier alpha value is -3.30. The number of imide groups is 1. The zero-order chi connectivity index (χ0) is 19.8. The first-order valence-corrected chi connectivity index (χ1v) is 8.20. The van der Waals surface area contributed by atoms with Crippen LogP contribution in [0.2, 0.25) is 0 Å². The van der Waals surface area contributed by atoms with E-state index < -0.39 is 24.5 Å². The fourth-order valence-corrected chi connectivity index (χ4v) is 2.39. The normalized spacial score (nSPS) is 13.2. The molecular weight excluding hydrogens is 358 g/mol. The average molecular weight is 379 g/mol. The summed E-state index contributed by atoms with van der Waals surface area (Å²) in [6, 6.07) is 4.37. The van der Waals surface area contributed by atoms with E-state index in [9.17, 15) is 19.2 Å². The van der Waals surface area contributed by atoms with Crippen molar-refractivity contribution in [3.8, 4) is 11.5 Å². The largest absolute Gasteiger partial charge is 0.493 e. The number of esters is 1. The van der Waals surface area contributed by atoms with Gasteiger partial charge in [-0.05, 0) is 18.6 Å². The number of carbonyl (C=O) groups excluding carboxylic acids is 4. The number of methoxy groups -OCH3 is 2. The van der Waals surface area contributed by atoms with Gasteiger partial charge < -0.3 is 24.8 Å². The number of rotatable bonds is 9. The number of benzene rings is 1. The Balaban J connectivity index is 1.71. The molecule has 1 aliphatic heterocycles. The minimum Gasteiger partial charge on any atom is -0.493 e. The lowest BCUT2D eigenvalue weighted by Crippen LogP contribution is -2.32. The maximum atomic E-state index is 11.9. The van der Waals surface area contributed by atoms with Gasteiger partial charge in [0.1, 0.15) is 0 Å². The molecule has 1 aromatic carbocycles. The first kappa shape index (κ1) is 20.0. The van der Waals surface area contributed by atoms with Crippen molar-refractivity contribution < 1.29 is 33.4 Å². The molecule has 10 heteroatoms. The lowest BCUT2D eigenvalue weighted by atomic mass is 10.2. The van der Waals surface area contributed by atoms with E-state index in [1.54, 1.807) is 18.2 Å². The highest BCUT2D eigenvalue weighted by Gasteiger charge is 2.27. The van der Waals surface area contributed by atoms with Crippen molar-refractivity contribution in [2.24, 2.45) is 0 Å². The van der Waals surface area contributed by atoms with Gasteiger partial charge >= 0.3 is 12.0 Å². The molecule has 2 N–H and O–H groups in total. The van der Waals surface area contributed by atoms with Gasteiger partial charge in [-0.1, -0.05) is 0 Å². The number of amides is 4. The van der Waals surface area contributed by atoms with Crippen LogP contribution in [0, 0.1) is 0 Å². The van der Waals surface area contributed by atoms with Crippen LogP contribution < -0.4 is 20.1 Å². The minimum absolute atomic E-state index is 0.0132. The van der Waals surface area contributed by atoms with E-state index in [4.69, 9.17) is 14.2 Å². The van der Waals surface area contributed by atoms with Crippen LogP contribution in [-0.4, -0.2) is 62.6 Å². The summed E-state index contributed by atoms with van der Waals surface area (Å²) in [5.41, 5.74) is 0.465. The van der Waals surface area contributed by atoms with Gasteiger partial charge in [0.2, 0.25) is 5.91 Å². The molecule has 0 bridgehead atoms. The van der Waals surface area contributed by atoms with E-state index in [1.165, 1.54) is 14.2 Å². The molecule has 1 heterocycles. The SMILES string of the molecule is COc1ccc(NC(=O)COC(=O)CCCN2C(=O)CNC2=O)cc1OC. The van der Waals surface area contributed by atoms with Crippen molar-refractivity contribution in [3.05, 3.63) is 18.2 Å². The fourth-order valence-electron chi connectivity index (χ4n) is 2.39.